The van der Waals surface area contributed by atoms with Gasteiger partial charge >= 0.3 is 0 Å². The molecule has 2 aliphatic rings. The van der Waals surface area contributed by atoms with Gasteiger partial charge in [-0.15, -0.1) is 24.8 Å². The normalized spacial score (nSPS) is 19.4. The molecular weight excluding hydrogens is 345 g/mol. The summed E-state index contributed by atoms with van der Waals surface area (Å²) in [5.41, 5.74) is 8.02. The van der Waals surface area contributed by atoms with E-state index in [0.29, 0.717) is 6.54 Å². The van der Waals surface area contributed by atoms with E-state index >= 15 is 0 Å². The van der Waals surface area contributed by atoms with Gasteiger partial charge in [-0.3, -0.25) is 9.69 Å². The molecule has 0 bridgehead atoms. The summed E-state index contributed by atoms with van der Waals surface area (Å²) < 4.78 is 0. The van der Waals surface area contributed by atoms with E-state index < -0.39 is 5.54 Å². The van der Waals surface area contributed by atoms with Gasteiger partial charge < -0.3 is 11.1 Å². The Morgan fingerprint density at radius 1 is 1.00 bits per heavy atom. The van der Waals surface area contributed by atoms with Crippen molar-refractivity contribution in [1.82, 2.24) is 10.2 Å². The highest BCUT2D eigenvalue weighted by molar-refractivity contribution is 5.86. The third-order valence-corrected chi connectivity index (χ3v) is 5.03. The summed E-state index contributed by atoms with van der Waals surface area (Å²) in [7, 11) is 0. The summed E-state index contributed by atoms with van der Waals surface area (Å²) in [5, 5.41) is 3.00. The Morgan fingerprint density at radius 3 is 2.12 bits per heavy atom. The number of rotatable bonds is 5. The minimum atomic E-state index is -0.629. The summed E-state index contributed by atoms with van der Waals surface area (Å²) in [5.74, 6) is 0.00569. The first kappa shape index (κ1) is 21.2. The molecule has 1 aromatic rings. The molecular formula is C18H29Cl2N3O. The van der Waals surface area contributed by atoms with E-state index in [0.717, 1.165) is 37.8 Å². The lowest BCUT2D eigenvalue weighted by molar-refractivity contribution is -0.126. The molecule has 1 amide bonds. The number of benzene rings is 1. The maximum Gasteiger partial charge on any atom is 0.240 e. The van der Waals surface area contributed by atoms with Crippen molar-refractivity contribution >= 4 is 30.7 Å². The van der Waals surface area contributed by atoms with Gasteiger partial charge in [0.05, 0.1) is 5.54 Å². The minimum absolute atomic E-state index is 0. The number of nitrogens with two attached hydrogens (primary N) is 1. The number of nitrogens with zero attached hydrogens (tertiary/aromatic N) is 1. The number of halogens is 2. The second-order valence-electron chi connectivity index (χ2n) is 6.85. The zero-order valence-corrected chi connectivity index (χ0v) is 15.8. The van der Waals surface area contributed by atoms with Crippen molar-refractivity contribution < 1.29 is 4.79 Å². The number of nitrogens with one attached hydrogen (secondary N) is 1. The van der Waals surface area contributed by atoms with Crippen LogP contribution < -0.4 is 11.1 Å². The van der Waals surface area contributed by atoms with Gasteiger partial charge in [-0.05, 0) is 49.9 Å². The van der Waals surface area contributed by atoms with E-state index in [4.69, 9.17) is 5.73 Å². The standard InChI is InChI=1S/C18H27N3O.2ClH/c19-18(9-1-2-10-18)17(22)20-13-15-5-7-16(8-6-15)14-21-11-3-4-12-21;;/h5-8H,1-4,9-14,19H2,(H,20,22);2*1H. The lowest BCUT2D eigenvalue weighted by Gasteiger charge is -2.22. The average molecular weight is 374 g/mol. The minimum Gasteiger partial charge on any atom is -0.350 e. The van der Waals surface area contributed by atoms with Gasteiger partial charge in [0.1, 0.15) is 0 Å². The van der Waals surface area contributed by atoms with Crippen molar-refractivity contribution in [1.29, 1.82) is 0 Å². The lowest BCUT2D eigenvalue weighted by Crippen LogP contribution is -2.51. The second kappa shape index (κ2) is 9.62. The average Bonchev–Trinajstić information content (AvgIpc) is 3.19. The van der Waals surface area contributed by atoms with E-state index in [1.54, 1.807) is 0 Å². The van der Waals surface area contributed by atoms with Crippen LogP contribution in [0.15, 0.2) is 24.3 Å². The highest BCUT2D eigenvalue weighted by Gasteiger charge is 2.36. The van der Waals surface area contributed by atoms with Gasteiger partial charge in [-0.2, -0.15) is 0 Å². The van der Waals surface area contributed by atoms with Crippen LogP contribution in [0.4, 0.5) is 0 Å². The maximum absolute atomic E-state index is 12.2. The quantitative estimate of drug-likeness (QED) is 0.833. The molecule has 136 valence electrons. The molecule has 1 aliphatic heterocycles. The summed E-state index contributed by atoms with van der Waals surface area (Å²) in [6.45, 7) is 4.05. The summed E-state index contributed by atoms with van der Waals surface area (Å²) in [6.07, 6.45) is 6.40. The fraction of sp³-hybridized carbons (Fsp3) is 0.611. The number of amides is 1. The van der Waals surface area contributed by atoms with E-state index in [-0.39, 0.29) is 30.7 Å². The van der Waals surface area contributed by atoms with Crippen LogP contribution in [-0.2, 0) is 17.9 Å². The molecule has 3 N–H and O–H groups in total. The Balaban J connectivity index is 0.00000144. The molecule has 24 heavy (non-hydrogen) atoms. The van der Waals surface area contributed by atoms with Crippen LogP contribution >= 0.6 is 24.8 Å². The van der Waals surface area contributed by atoms with Gasteiger partial charge in [0.2, 0.25) is 5.91 Å². The molecule has 0 radical (unpaired) electrons. The van der Waals surface area contributed by atoms with Crippen LogP contribution in [0.5, 0.6) is 0 Å². The van der Waals surface area contributed by atoms with Crippen molar-refractivity contribution in [2.75, 3.05) is 13.1 Å². The second-order valence-corrected chi connectivity index (χ2v) is 6.85. The molecule has 1 saturated carbocycles. The molecule has 3 rings (SSSR count). The Labute approximate surface area is 157 Å². The molecule has 1 aliphatic carbocycles. The molecule has 2 fully saturated rings. The predicted octanol–water partition coefficient (Wildman–Crippen LogP) is 3.01. The van der Waals surface area contributed by atoms with Gasteiger partial charge in [-0.1, -0.05) is 37.1 Å². The monoisotopic (exact) mass is 373 g/mol. The Bertz CT molecular complexity index is 510. The highest BCUT2D eigenvalue weighted by atomic mass is 35.5. The Hall–Kier alpha value is -0.810. The number of hydrogen-bond acceptors (Lipinski definition) is 3. The van der Waals surface area contributed by atoms with Gasteiger partial charge in [0.15, 0.2) is 0 Å². The Kier molecular flexibility index (Phi) is 8.51. The molecule has 0 atom stereocenters. The smallest absolute Gasteiger partial charge is 0.240 e. The van der Waals surface area contributed by atoms with Crippen molar-refractivity contribution in [3.05, 3.63) is 35.4 Å². The summed E-state index contributed by atoms with van der Waals surface area (Å²) in [4.78, 5) is 14.7. The maximum atomic E-state index is 12.2. The van der Waals surface area contributed by atoms with Crippen LogP contribution in [0.1, 0.15) is 49.7 Å². The zero-order chi connectivity index (χ0) is 15.4. The van der Waals surface area contributed by atoms with Crippen molar-refractivity contribution in [3.63, 3.8) is 0 Å². The molecule has 6 heteroatoms. The van der Waals surface area contributed by atoms with Gasteiger partial charge in [-0.25, -0.2) is 0 Å². The van der Waals surface area contributed by atoms with Crippen LogP contribution in [-0.4, -0.2) is 29.4 Å². The first-order chi connectivity index (χ1) is 10.7. The van der Waals surface area contributed by atoms with E-state index in [1.165, 1.54) is 31.5 Å². The van der Waals surface area contributed by atoms with Gasteiger partial charge in [0.25, 0.3) is 0 Å². The molecule has 1 heterocycles. The van der Waals surface area contributed by atoms with E-state index in [2.05, 4.69) is 34.5 Å². The third kappa shape index (κ3) is 5.35. The van der Waals surface area contributed by atoms with Gasteiger partial charge in [0, 0.05) is 13.1 Å². The van der Waals surface area contributed by atoms with Crippen LogP contribution in [0.3, 0.4) is 0 Å². The summed E-state index contributed by atoms with van der Waals surface area (Å²) >= 11 is 0. The fourth-order valence-electron chi connectivity index (χ4n) is 3.55. The van der Waals surface area contributed by atoms with Crippen LogP contribution in [0.25, 0.3) is 0 Å². The number of likely N-dealkylation sites (tertiary alicyclic amines) is 1. The SMILES string of the molecule is Cl.Cl.NC1(C(=O)NCc2ccc(CN3CCCC3)cc2)CCCC1. The van der Waals surface area contributed by atoms with Crippen LogP contribution in [0.2, 0.25) is 0 Å². The summed E-state index contributed by atoms with van der Waals surface area (Å²) in [6, 6.07) is 8.58. The zero-order valence-electron chi connectivity index (χ0n) is 14.1. The van der Waals surface area contributed by atoms with Crippen molar-refractivity contribution in [2.24, 2.45) is 5.73 Å². The third-order valence-electron chi connectivity index (χ3n) is 5.03. The van der Waals surface area contributed by atoms with E-state index in [9.17, 15) is 4.79 Å². The van der Waals surface area contributed by atoms with Crippen molar-refractivity contribution in [2.45, 2.75) is 57.2 Å². The fourth-order valence-corrected chi connectivity index (χ4v) is 3.55. The first-order valence-electron chi connectivity index (χ1n) is 8.53. The molecule has 1 saturated heterocycles. The van der Waals surface area contributed by atoms with Crippen LogP contribution in [0, 0.1) is 0 Å². The molecule has 0 spiro atoms. The molecule has 1 aromatic carbocycles. The number of hydrogen-bond donors (Lipinski definition) is 2. The van der Waals surface area contributed by atoms with Crippen molar-refractivity contribution in [3.8, 4) is 0 Å². The topological polar surface area (TPSA) is 58.4 Å². The molecule has 4 nitrogen and oxygen atoms in total. The van der Waals surface area contributed by atoms with E-state index in [1.807, 2.05) is 0 Å². The molecule has 0 unspecified atom stereocenters. The molecule has 0 aromatic heterocycles. The highest BCUT2D eigenvalue weighted by Crippen LogP contribution is 2.27. The first-order valence-corrected chi connectivity index (χ1v) is 8.53. The predicted molar refractivity (Wildman–Crippen MR) is 103 cm³/mol. The number of carbonyl (C=O) groups excluding carboxylic acids is 1. The Morgan fingerprint density at radius 2 is 1.54 bits per heavy atom. The lowest BCUT2D eigenvalue weighted by atomic mass is 9.98. The number of carbonyl (C=O) groups is 1. The largest absolute Gasteiger partial charge is 0.350 e.